The highest BCUT2D eigenvalue weighted by atomic mass is 16.2. The minimum atomic E-state index is -0.269. The molecule has 0 spiro atoms. The molecule has 176 valence electrons. The first-order valence-corrected chi connectivity index (χ1v) is 10.7. The van der Waals surface area contributed by atoms with E-state index in [0.717, 1.165) is 16.7 Å². The van der Waals surface area contributed by atoms with Gasteiger partial charge in [0.1, 0.15) is 0 Å². The Morgan fingerprint density at radius 1 is 0.500 bits per heavy atom. The standard InChI is InChI=1S/C25H28N6O3/c26-13-22(32)29-19-7-1-16(2-8-19)25(17-3-9-20(10-4-17)30-23(33)14-27)18-5-11-21(12-6-18)31-24(34)15-28/h1-12,25H,13-15,26-28H2,(H,29,32)(H,30,33)(H,31,34). The average molecular weight is 461 g/mol. The van der Waals surface area contributed by atoms with Crippen molar-refractivity contribution in [2.45, 2.75) is 5.92 Å². The Hall–Kier alpha value is -4.05. The second kappa shape index (κ2) is 11.7. The highest BCUT2D eigenvalue weighted by Gasteiger charge is 2.18. The quantitative estimate of drug-likeness (QED) is 0.265. The number of hydrogen-bond acceptors (Lipinski definition) is 6. The maximum absolute atomic E-state index is 11.6. The third-order valence-electron chi connectivity index (χ3n) is 5.14. The van der Waals surface area contributed by atoms with Crippen molar-refractivity contribution < 1.29 is 14.4 Å². The fourth-order valence-electron chi connectivity index (χ4n) is 3.49. The van der Waals surface area contributed by atoms with Gasteiger partial charge >= 0.3 is 0 Å². The summed E-state index contributed by atoms with van der Waals surface area (Å²) in [6, 6.07) is 22.5. The highest BCUT2D eigenvalue weighted by Crippen LogP contribution is 2.34. The molecule has 0 unspecified atom stereocenters. The SMILES string of the molecule is NCC(=O)Nc1ccc(C(c2ccc(NC(=O)CN)cc2)c2ccc(NC(=O)CN)cc2)cc1. The molecule has 0 bridgehead atoms. The van der Waals surface area contributed by atoms with Crippen LogP contribution in [-0.4, -0.2) is 37.4 Å². The van der Waals surface area contributed by atoms with Gasteiger partial charge in [-0.3, -0.25) is 14.4 Å². The molecule has 34 heavy (non-hydrogen) atoms. The van der Waals surface area contributed by atoms with E-state index in [1.54, 1.807) is 0 Å². The topological polar surface area (TPSA) is 165 Å². The molecule has 0 aliphatic heterocycles. The van der Waals surface area contributed by atoms with Crippen molar-refractivity contribution in [3.63, 3.8) is 0 Å². The van der Waals surface area contributed by atoms with E-state index in [2.05, 4.69) is 16.0 Å². The molecule has 0 heterocycles. The zero-order valence-corrected chi connectivity index (χ0v) is 18.6. The van der Waals surface area contributed by atoms with E-state index in [1.165, 1.54) is 0 Å². The lowest BCUT2D eigenvalue weighted by atomic mass is 9.85. The molecule has 3 aromatic carbocycles. The molecule has 9 nitrogen and oxygen atoms in total. The second-order valence-electron chi connectivity index (χ2n) is 7.56. The molecule has 0 aromatic heterocycles. The first-order valence-electron chi connectivity index (χ1n) is 10.7. The monoisotopic (exact) mass is 460 g/mol. The second-order valence-corrected chi connectivity index (χ2v) is 7.56. The molecule has 3 rings (SSSR count). The Labute approximate surface area is 197 Å². The summed E-state index contributed by atoms with van der Waals surface area (Å²) in [6.07, 6.45) is 0. The Morgan fingerprint density at radius 2 is 0.735 bits per heavy atom. The zero-order chi connectivity index (χ0) is 24.5. The third kappa shape index (κ3) is 6.48. The van der Waals surface area contributed by atoms with Crippen molar-refractivity contribution in [3.05, 3.63) is 89.5 Å². The number of benzene rings is 3. The molecule has 0 atom stereocenters. The van der Waals surface area contributed by atoms with Crippen molar-refractivity contribution in [1.82, 2.24) is 0 Å². The summed E-state index contributed by atoms with van der Waals surface area (Å²) in [5.74, 6) is -0.948. The van der Waals surface area contributed by atoms with Crippen LogP contribution in [0.3, 0.4) is 0 Å². The molecular weight excluding hydrogens is 432 g/mol. The van der Waals surface area contributed by atoms with Gasteiger partial charge in [-0.15, -0.1) is 0 Å². The lowest BCUT2D eigenvalue weighted by Crippen LogP contribution is -2.22. The summed E-state index contributed by atoms with van der Waals surface area (Å²) >= 11 is 0. The van der Waals surface area contributed by atoms with Gasteiger partial charge in [0.25, 0.3) is 0 Å². The first kappa shape index (κ1) is 24.6. The number of anilines is 3. The number of nitrogens with two attached hydrogens (primary N) is 3. The Balaban J connectivity index is 1.94. The third-order valence-corrected chi connectivity index (χ3v) is 5.14. The molecule has 0 aliphatic carbocycles. The van der Waals surface area contributed by atoms with E-state index in [-0.39, 0.29) is 43.3 Å². The van der Waals surface area contributed by atoms with E-state index in [1.807, 2.05) is 72.8 Å². The summed E-state index contributed by atoms with van der Waals surface area (Å²) in [5.41, 5.74) is 21.0. The van der Waals surface area contributed by atoms with Crippen molar-refractivity contribution in [2.24, 2.45) is 17.2 Å². The predicted molar refractivity (Wildman–Crippen MR) is 133 cm³/mol. The minimum absolute atomic E-state index is 0.0928. The largest absolute Gasteiger partial charge is 0.325 e. The van der Waals surface area contributed by atoms with Gasteiger partial charge in [-0.2, -0.15) is 0 Å². The van der Waals surface area contributed by atoms with Crippen LogP contribution in [0.15, 0.2) is 72.8 Å². The van der Waals surface area contributed by atoms with Gasteiger partial charge in [0, 0.05) is 23.0 Å². The van der Waals surface area contributed by atoms with Crippen LogP contribution in [-0.2, 0) is 14.4 Å². The predicted octanol–water partition coefficient (Wildman–Crippen LogP) is 1.56. The van der Waals surface area contributed by atoms with Crippen LogP contribution in [0.25, 0.3) is 0 Å². The molecule has 0 radical (unpaired) electrons. The van der Waals surface area contributed by atoms with Crippen LogP contribution in [0.4, 0.5) is 17.1 Å². The van der Waals surface area contributed by atoms with Crippen LogP contribution >= 0.6 is 0 Å². The van der Waals surface area contributed by atoms with Crippen LogP contribution < -0.4 is 33.2 Å². The maximum atomic E-state index is 11.6. The van der Waals surface area contributed by atoms with Crippen LogP contribution in [0.1, 0.15) is 22.6 Å². The molecule has 3 aromatic rings. The van der Waals surface area contributed by atoms with Gasteiger partial charge in [-0.05, 0) is 53.1 Å². The Bertz CT molecular complexity index is 983. The highest BCUT2D eigenvalue weighted by molar-refractivity contribution is 5.93. The van der Waals surface area contributed by atoms with Crippen molar-refractivity contribution in [2.75, 3.05) is 35.6 Å². The van der Waals surface area contributed by atoms with Gasteiger partial charge in [0.15, 0.2) is 0 Å². The lowest BCUT2D eigenvalue weighted by Gasteiger charge is -2.20. The first-order chi connectivity index (χ1) is 16.4. The summed E-state index contributed by atoms with van der Waals surface area (Å²) in [5, 5.41) is 8.20. The van der Waals surface area contributed by atoms with Gasteiger partial charge in [-0.1, -0.05) is 36.4 Å². The fourth-order valence-corrected chi connectivity index (χ4v) is 3.49. The van der Waals surface area contributed by atoms with E-state index < -0.39 is 0 Å². The van der Waals surface area contributed by atoms with Gasteiger partial charge in [0.05, 0.1) is 19.6 Å². The smallest absolute Gasteiger partial charge is 0.238 e. The van der Waals surface area contributed by atoms with Gasteiger partial charge in [0.2, 0.25) is 17.7 Å². The molecule has 0 aliphatic rings. The molecule has 9 N–H and O–H groups in total. The molecule has 0 saturated heterocycles. The van der Waals surface area contributed by atoms with Gasteiger partial charge in [-0.25, -0.2) is 0 Å². The molecule has 0 saturated carbocycles. The number of hydrogen-bond donors (Lipinski definition) is 6. The normalized spacial score (nSPS) is 10.6. The van der Waals surface area contributed by atoms with Crippen LogP contribution in [0.2, 0.25) is 0 Å². The number of carbonyl (C=O) groups excluding carboxylic acids is 3. The Morgan fingerprint density at radius 3 is 0.941 bits per heavy atom. The number of amides is 3. The van der Waals surface area contributed by atoms with Crippen molar-refractivity contribution in [1.29, 1.82) is 0 Å². The molecule has 3 amide bonds. The van der Waals surface area contributed by atoms with Crippen LogP contribution in [0.5, 0.6) is 0 Å². The van der Waals surface area contributed by atoms with E-state index in [4.69, 9.17) is 17.2 Å². The van der Waals surface area contributed by atoms with E-state index in [9.17, 15) is 14.4 Å². The molecule has 0 fully saturated rings. The molecular formula is C25H28N6O3. The fraction of sp³-hybridized carbons (Fsp3) is 0.160. The summed E-state index contributed by atoms with van der Waals surface area (Å²) in [6.45, 7) is -0.278. The summed E-state index contributed by atoms with van der Waals surface area (Å²) < 4.78 is 0. The number of nitrogens with one attached hydrogen (secondary N) is 3. The average Bonchev–Trinajstić information content (AvgIpc) is 2.87. The van der Waals surface area contributed by atoms with Gasteiger partial charge < -0.3 is 33.2 Å². The summed E-state index contributed by atoms with van der Waals surface area (Å²) in [7, 11) is 0. The zero-order valence-electron chi connectivity index (χ0n) is 18.6. The van der Waals surface area contributed by atoms with E-state index >= 15 is 0 Å². The van der Waals surface area contributed by atoms with Crippen molar-refractivity contribution in [3.8, 4) is 0 Å². The number of rotatable bonds is 9. The lowest BCUT2D eigenvalue weighted by molar-refractivity contribution is -0.115. The van der Waals surface area contributed by atoms with Crippen LogP contribution in [0, 0.1) is 0 Å². The number of carbonyl (C=O) groups is 3. The van der Waals surface area contributed by atoms with E-state index in [0.29, 0.717) is 17.1 Å². The summed E-state index contributed by atoms with van der Waals surface area (Å²) in [4.78, 5) is 34.8. The van der Waals surface area contributed by atoms with Crippen molar-refractivity contribution >= 4 is 34.8 Å². The minimum Gasteiger partial charge on any atom is -0.325 e. The maximum Gasteiger partial charge on any atom is 0.238 e. The molecule has 9 heteroatoms. The Kier molecular flexibility index (Phi) is 8.47.